The largest absolute Gasteiger partial charge is 0.340 e. The van der Waals surface area contributed by atoms with Crippen LogP contribution in [0.15, 0.2) is 48.5 Å². The van der Waals surface area contributed by atoms with E-state index in [1.807, 2.05) is 6.26 Å². The number of halogens is 1. The second-order valence-electron chi connectivity index (χ2n) is 5.61. The molecule has 0 heterocycles. The fraction of sp³-hybridized carbons (Fsp3) is 0.222. The summed E-state index contributed by atoms with van der Waals surface area (Å²) in [5.74, 6) is -0.974. The van der Waals surface area contributed by atoms with Crippen molar-refractivity contribution in [1.82, 2.24) is 5.32 Å². The van der Waals surface area contributed by atoms with E-state index in [4.69, 9.17) is 0 Å². The quantitative estimate of drug-likeness (QED) is 0.531. The molecule has 0 aliphatic carbocycles. The smallest absolute Gasteiger partial charge is 0.270 e. The van der Waals surface area contributed by atoms with Crippen LogP contribution >= 0.6 is 11.8 Å². The van der Waals surface area contributed by atoms with Crippen LogP contribution in [0, 0.1) is 15.9 Å². The van der Waals surface area contributed by atoms with Crippen LogP contribution in [0.5, 0.6) is 0 Å². The Bertz CT molecular complexity index is 847. The molecule has 0 saturated heterocycles. The van der Waals surface area contributed by atoms with Crippen LogP contribution in [0.3, 0.4) is 0 Å². The van der Waals surface area contributed by atoms with E-state index in [9.17, 15) is 24.1 Å². The molecule has 9 heteroatoms. The molecule has 2 aromatic rings. The van der Waals surface area contributed by atoms with E-state index in [0.717, 1.165) is 6.07 Å². The van der Waals surface area contributed by atoms with Crippen molar-refractivity contribution in [3.05, 3.63) is 70.0 Å². The van der Waals surface area contributed by atoms with Crippen LogP contribution in [0.1, 0.15) is 16.8 Å². The van der Waals surface area contributed by atoms with E-state index in [0.29, 0.717) is 12.2 Å². The summed E-state index contributed by atoms with van der Waals surface area (Å²) in [6, 6.07) is 9.81. The summed E-state index contributed by atoms with van der Waals surface area (Å²) in [5.41, 5.74) is 0.142. The Labute approximate surface area is 159 Å². The van der Waals surface area contributed by atoms with Crippen molar-refractivity contribution in [2.45, 2.75) is 12.5 Å². The van der Waals surface area contributed by atoms with Crippen molar-refractivity contribution in [3.8, 4) is 0 Å². The molecule has 0 spiro atoms. The number of amides is 2. The summed E-state index contributed by atoms with van der Waals surface area (Å²) < 4.78 is 13.3. The summed E-state index contributed by atoms with van der Waals surface area (Å²) >= 11 is 1.50. The van der Waals surface area contributed by atoms with Crippen molar-refractivity contribution < 1.29 is 18.9 Å². The zero-order chi connectivity index (χ0) is 19.8. The molecule has 0 aliphatic heterocycles. The molecule has 2 amide bonds. The first-order valence-corrected chi connectivity index (χ1v) is 9.41. The minimum absolute atomic E-state index is 0.0805. The van der Waals surface area contributed by atoms with Gasteiger partial charge >= 0.3 is 0 Å². The number of carbonyl (C=O) groups excluding carboxylic acids is 2. The zero-order valence-corrected chi connectivity index (χ0v) is 15.3. The molecule has 27 heavy (non-hydrogen) atoms. The van der Waals surface area contributed by atoms with E-state index in [2.05, 4.69) is 10.6 Å². The van der Waals surface area contributed by atoms with Gasteiger partial charge in [0.1, 0.15) is 11.9 Å². The van der Waals surface area contributed by atoms with Crippen molar-refractivity contribution in [2.24, 2.45) is 0 Å². The Morgan fingerprint density at radius 2 is 1.96 bits per heavy atom. The Morgan fingerprint density at radius 1 is 1.22 bits per heavy atom. The van der Waals surface area contributed by atoms with Crippen LogP contribution in [-0.4, -0.2) is 34.8 Å². The fourth-order valence-electron chi connectivity index (χ4n) is 2.30. The predicted octanol–water partition coefficient (Wildman–Crippen LogP) is 3.22. The van der Waals surface area contributed by atoms with Crippen LogP contribution in [0.4, 0.5) is 15.8 Å². The number of nitrogens with zero attached hydrogens (tertiary/aromatic N) is 1. The number of non-ortho nitro benzene ring substituents is 1. The Morgan fingerprint density at radius 3 is 2.63 bits per heavy atom. The molecule has 0 radical (unpaired) electrons. The van der Waals surface area contributed by atoms with Gasteiger partial charge in [-0.15, -0.1) is 0 Å². The summed E-state index contributed by atoms with van der Waals surface area (Å²) in [6.45, 7) is 0. The number of nitro groups is 1. The van der Waals surface area contributed by atoms with E-state index < -0.39 is 28.6 Å². The van der Waals surface area contributed by atoms with Gasteiger partial charge < -0.3 is 10.6 Å². The van der Waals surface area contributed by atoms with Crippen molar-refractivity contribution in [2.75, 3.05) is 17.3 Å². The molecule has 2 aromatic carbocycles. The van der Waals surface area contributed by atoms with Gasteiger partial charge in [-0.2, -0.15) is 11.8 Å². The van der Waals surface area contributed by atoms with Gasteiger partial charge in [0.15, 0.2) is 0 Å². The van der Waals surface area contributed by atoms with Gasteiger partial charge in [-0.1, -0.05) is 12.1 Å². The van der Waals surface area contributed by atoms with Gasteiger partial charge in [-0.05, 0) is 42.7 Å². The van der Waals surface area contributed by atoms with E-state index in [1.165, 1.54) is 54.2 Å². The summed E-state index contributed by atoms with van der Waals surface area (Å²) in [4.78, 5) is 35.2. The molecule has 2 rings (SSSR count). The number of rotatable bonds is 8. The first-order valence-electron chi connectivity index (χ1n) is 8.01. The normalized spacial score (nSPS) is 11.5. The fourth-order valence-corrected chi connectivity index (χ4v) is 2.77. The Kier molecular flexibility index (Phi) is 7.30. The monoisotopic (exact) mass is 391 g/mol. The van der Waals surface area contributed by atoms with Gasteiger partial charge in [0.25, 0.3) is 11.6 Å². The summed E-state index contributed by atoms with van der Waals surface area (Å²) in [5, 5.41) is 16.0. The molecule has 0 bridgehead atoms. The van der Waals surface area contributed by atoms with Gasteiger partial charge in [0, 0.05) is 23.4 Å². The number of anilines is 1. The lowest BCUT2D eigenvalue weighted by Crippen LogP contribution is -2.44. The van der Waals surface area contributed by atoms with Crippen molar-refractivity contribution in [3.63, 3.8) is 0 Å². The third-order valence-electron chi connectivity index (χ3n) is 3.64. The number of nitro benzene ring substituents is 1. The predicted molar refractivity (Wildman–Crippen MR) is 102 cm³/mol. The minimum atomic E-state index is -0.868. The number of hydrogen-bond donors (Lipinski definition) is 2. The molecule has 0 aromatic heterocycles. The highest BCUT2D eigenvalue weighted by atomic mass is 32.2. The molecule has 142 valence electrons. The highest BCUT2D eigenvalue weighted by Crippen LogP contribution is 2.14. The molecule has 0 aliphatic rings. The Balaban J connectivity index is 2.13. The zero-order valence-electron chi connectivity index (χ0n) is 14.5. The molecule has 0 fully saturated rings. The molecule has 1 atom stereocenters. The third kappa shape index (κ3) is 6.07. The third-order valence-corrected chi connectivity index (χ3v) is 4.29. The lowest BCUT2D eigenvalue weighted by molar-refractivity contribution is -0.384. The first kappa shape index (κ1) is 20.4. The van der Waals surface area contributed by atoms with Crippen LogP contribution in [0.25, 0.3) is 0 Å². The lowest BCUT2D eigenvalue weighted by atomic mass is 10.1. The van der Waals surface area contributed by atoms with Crippen LogP contribution in [-0.2, 0) is 4.79 Å². The molecular weight excluding hydrogens is 373 g/mol. The molecule has 2 N–H and O–H groups in total. The van der Waals surface area contributed by atoms with Crippen LogP contribution in [0.2, 0.25) is 0 Å². The standard InChI is InChI=1S/C18H18FN3O4S/c1-27-9-8-16(18(24)20-14-6-3-5-13(19)11-14)21-17(23)12-4-2-7-15(10-12)22(25)26/h2-7,10-11,16H,8-9H2,1H3,(H,20,24)(H,21,23)/t16-/m1/s1. The molecule has 0 saturated carbocycles. The molecule has 7 nitrogen and oxygen atoms in total. The number of thioether (sulfide) groups is 1. The topological polar surface area (TPSA) is 101 Å². The average Bonchev–Trinajstić information content (AvgIpc) is 2.65. The highest BCUT2D eigenvalue weighted by molar-refractivity contribution is 7.98. The maximum absolute atomic E-state index is 13.3. The van der Waals surface area contributed by atoms with E-state index in [1.54, 1.807) is 0 Å². The summed E-state index contributed by atoms with van der Waals surface area (Å²) in [6.07, 6.45) is 2.22. The number of hydrogen-bond acceptors (Lipinski definition) is 5. The number of benzene rings is 2. The Hall–Kier alpha value is -2.94. The van der Waals surface area contributed by atoms with Gasteiger partial charge in [-0.3, -0.25) is 19.7 Å². The van der Waals surface area contributed by atoms with E-state index in [-0.39, 0.29) is 16.9 Å². The number of carbonyl (C=O) groups is 2. The second kappa shape index (κ2) is 9.67. The molecular formula is C18H18FN3O4S. The minimum Gasteiger partial charge on any atom is -0.340 e. The van der Waals surface area contributed by atoms with Gasteiger partial charge in [0.05, 0.1) is 4.92 Å². The van der Waals surface area contributed by atoms with Crippen molar-refractivity contribution in [1.29, 1.82) is 0 Å². The van der Waals surface area contributed by atoms with E-state index >= 15 is 0 Å². The maximum atomic E-state index is 13.3. The lowest BCUT2D eigenvalue weighted by Gasteiger charge is -2.18. The van der Waals surface area contributed by atoms with Gasteiger partial charge in [-0.25, -0.2) is 4.39 Å². The first-order chi connectivity index (χ1) is 12.9. The van der Waals surface area contributed by atoms with Crippen molar-refractivity contribution >= 4 is 35.0 Å². The molecule has 0 unspecified atom stereocenters. The maximum Gasteiger partial charge on any atom is 0.270 e. The van der Waals surface area contributed by atoms with Crippen LogP contribution < -0.4 is 10.6 Å². The highest BCUT2D eigenvalue weighted by Gasteiger charge is 2.22. The average molecular weight is 391 g/mol. The SMILES string of the molecule is CSCC[C@@H](NC(=O)c1cccc([N+](=O)[O-])c1)C(=O)Nc1cccc(F)c1. The number of nitrogens with one attached hydrogen (secondary N) is 2. The van der Waals surface area contributed by atoms with Gasteiger partial charge in [0.2, 0.25) is 5.91 Å². The summed E-state index contributed by atoms with van der Waals surface area (Å²) in [7, 11) is 0. The second-order valence-corrected chi connectivity index (χ2v) is 6.60.